The summed E-state index contributed by atoms with van der Waals surface area (Å²) in [6.07, 6.45) is 7.70. The summed E-state index contributed by atoms with van der Waals surface area (Å²) in [5.41, 5.74) is 3.67. The Kier molecular flexibility index (Phi) is 5.04. The molecule has 3 heteroatoms. The van der Waals surface area contributed by atoms with Gasteiger partial charge in [-0.05, 0) is 61.7 Å². The molecule has 1 atom stereocenters. The van der Waals surface area contributed by atoms with E-state index >= 15 is 0 Å². The average molecular weight is 255 g/mol. The molecule has 2 heterocycles. The molecule has 0 fully saturated rings. The Bertz CT molecular complexity index is 496. The van der Waals surface area contributed by atoms with E-state index in [1.54, 1.807) is 0 Å². The van der Waals surface area contributed by atoms with Crippen LogP contribution in [0.3, 0.4) is 0 Å². The number of hydrogen-bond acceptors (Lipinski definition) is 3. The van der Waals surface area contributed by atoms with Gasteiger partial charge in [-0.3, -0.25) is 9.97 Å². The van der Waals surface area contributed by atoms with Gasteiger partial charge in [0.15, 0.2) is 0 Å². The number of nitrogens with one attached hydrogen (secondary N) is 1. The number of aromatic nitrogens is 2. The lowest BCUT2D eigenvalue weighted by Gasteiger charge is -2.19. The summed E-state index contributed by atoms with van der Waals surface area (Å²) in [6, 6.07) is 8.75. The maximum absolute atomic E-state index is 4.27. The van der Waals surface area contributed by atoms with Crippen LogP contribution < -0.4 is 5.32 Å². The van der Waals surface area contributed by atoms with E-state index in [4.69, 9.17) is 0 Å². The highest BCUT2D eigenvalue weighted by atomic mass is 14.9. The molecule has 0 aliphatic heterocycles. The highest BCUT2D eigenvalue weighted by Gasteiger charge is 2.11. The molecule has 1 unspecified atom stereocenters. The summed E-state index contributed by atoms with van der Waals surface area (Å²) in [6.45, 7) is 5.25. The molecule has 0 radical (unpaired) electrons. The fourth-order valence-electron chi connectivity index (χ4n) is 2.17. The molecule has 3 nitrogen and oxygen atoms in total. The highest BCUT2D eigenvalue weighted by Crippen LogP contribution is 2.18. The Morgan fingerprint density at radius 2 is 1.95 bits per heavy atom. The van der Waals surface area contributed by atoms with E-state index in [0.717, 1.165) is 25.1 Å². The number of pyridine rings is 2. The number of aryl methyl sites for hydroxylation is 1. The van der Waals surface area contributed by atoms with Crippen LogP contribution in [0.1, 0.15) is 36.2 Å². The van der Waals surface area contributed by atoms with Gasteiger partial charge in [-0.25, -0.2) is 0 Å². The van der Waals surface area contributed by atoms with Crippen molar-refractivity contribution in [1.29, 1.82) is 0 Å². The van der Waals surface area contributed by atoms with Gasteiger partial charge in [-0.2, -0.15) is 0 Å². The lowest BCUT2D eigenvalue weighted by atomic mass is 9.99. The molecule has 0 amide bonds. The summed E-state index contributed by atoms with van der Waals surface area (Å²) in [5.74, 6) is 0. The third kappa shape index (κ3) is 4.14. The topological polar surface area (TPSA) is 37.8 Å². The van der Waals surface area contributed by atoms with Crippen LogP contribution in [0.4, 0.5) is 0 Å². The molecule has 2 rings (SSSR count). The van der Waals surface area contributed by atoms with Crippen molar-refractivity contribution in [2.45, 2.75) is 32.7 Å². The molecule has 19 heavy (non-hydrogen) atoms. The monoisotopic (exact) mass is 255 g/mol. The van der Waals surface area contributed by atoms with Crippen LogP contribution in [-0.4, -0.2) is 16.5 Å². The van der Waals surface area contributed by atoms with Gasteiger partial charge in [0.2, 0.25) is 0 Å². The van der Waals surface area contributed by atoms with E-state index in [-0.39, 0.29) is 0 Å². The molecule has 0 bridgehead atoms. The van der Waals surface area contributed by atoms with E-state index in [1.165, 1.54) is 11.1 Å². The molecule has 0 aromatic carbocycles. The Hall–Kier alpha value is -1.74. The van der Waals surface area contributed by atoms with E-state index < -0.39 is 0 Å². The first-order valence-electron chi connectivity index (χ1n) is 6.84. The molecule has 0 spiro atoms. The lowest BCUT2D eigenvalue weighted by molar-refractivity contribution is 0.528. The molecule has 0 saturated carbocycles. The molecule has 1 N–H and O–H groups in total. The van der Waals surface area contributed by atoms with Crippen LogP contribution in [-0.2, 0) is 6.42 Å². The third-order valence-corrected chi connectivity index (χ3v) is 3.15. The fourth-order valence-corrected chi connectivity index (χ4v) is 2.17. The zero-order valence-electron chi connectivity index (χ0n) is 11.6. The van der Waals surface area contributed by atoms with Crippen molar-refractivity contribution in [3.05, 3.63) is 59.7 Å². The van der Waals surface area contributed by atoms with Crippen molar-refractivity contribution < 1.29 is 0 Å². The number of hydrogen-bond donors (Lipinski definition) is 1. The molecule has 0 aliphatic rings. The molecule has 2 aromatic rings. The minimum absolute atomic E-state index is 0.337. The summed E-state index contributed by atoms with van der Waals surface area (Å²) >= 11 is 0. The maximum atomic E-state index is 4.27. The van der Waals surface area contributed by atoms with Crippen LogP contribution in [0.5, 0.6) is 0 Å². The van der Waals surface area contributed by atoms with Crippen LogP contribution in [0.2, 0.25) is 0 Å². The van der Waals surface area contributed by atoms with Gasteiger partial charge in [0.25, 0.3) is 0 Å². The average Bonchev–Trinajstić information content (AvgIpc) is 2.44. The highest BCUT2D eigenvalue weighted by molar-refractivity contribution is 5.23. The number of nitrogens with zero attached hydrogens (tertiary/aromatic N) is 2. The molecule has 2 aromatic heterocycles. The molecule has 0 saturated heterocycles. The van der Waals surface area contributed by atoms with Gasteiger partial charge in [0.05, 0.1) is 0 Å². The minimum atomic E-state index is 0.337. The van der Waals surface area contributed by atoms with Gasteiger partial charge in [-0.15, -0.1) is 0 Å². The summed E-state index contributed by atoms with van der Waals surface area (Å²) in [4.78, 5) is 8.34. The van der Waals surface area contributed by atoms with Gasteiger partial charge in [0, 0.05) is 30.3 Å². The zero-order chi connectivity index (χ0) is 13.5. The van der Waals surface area contributed by atoms with Gasteiger partial charge < -0.3 is 5.32 Å². The van der Waals surface area contributed by atoms with Crippen LogP contribution in [0, 0.1) is 6.92 Å². The normalized spacial score (nSPS) is 12.3. The van der Waals surface area contributed by atoms with Gasteiger partial charge in [0.1, 0.15) is 0 Å². The first kappa shape index (κ1) is 13.7. The van der Waals surface area contributed by atoms with Crippen LogP contribution in [0.15, 0.2) is 42.9 Å². The van der Waals surface area contributed by atoms with Crippen LogP contribution in [0.25, 0.3) is 0 Å². The van der Waals surface area contributed by atoms with Gasteiger partial charge >= 0.3 is 0 Å². The predicted octanol–water partition coefficient (Wildman–Crippen LogP) is 3.07. The quantitative estimate of drug-likeness (QED) is 0.862. The largest absolute Gasteiger partial charge is 0.310 e. The van der Waals surface area contributed by atoms with Crippen molar-refractivity contribution in [3.8, 4) is 0 Å². The summed E-state index contributed by atoms with van der Waals surface area (Å²) in [7, 11) is 0. The van der Waals surface area contributed by atoms with E-state index in [9.17, 15) is 0 Å². The predicted molar refractivity (Wildman–Crippen MR) is 77.9 cm³/mol. The number of rotatable bonds is 6. The Morgan fingerprint density at radius 1 is 1.16 bits per heavy atom. The summed E-state index contributed by atoms with van der Waals surface area (Å²) < 4.78 is 0. The molecule has 0 aliphatic carbocycles. The van der Waals surface area contributed by atoms with E-state index in [1.807, 2.05) is 25.5 Å². The smallest absolute Gasteiger partial charge is 0.0375 e. The first-order valence-corrected chi connectivity index (χ1v) is 6.84. The second kappa shape index (κ2) is 7.00. The third-order valence-electron chi connectivity index (χ3n) is 3.15. The van der Waals surface area contributed by atoms with Crippen molar-refractivity contribution in [3.63, 3.8) is 0 Å². The Balaban J connectivity index is 2.16. The molecular formula is C16H21N3. The van der Waals surface area contributed by atoms with Crippen molar-refractivity contribution in [1.82, 2.24) is 15.3 Å². The van der Waals surface area contributed by atoms with Crippen molar-refractivity contribution in [2.75, 3.05) is 6.54 Å². The van der Waals surface area contributed by atoms with Crippen molar-refractivity contribution >= 4 is 0 Å². The second-order valence-electron chi connectivity index (χ2n) is 4.80. The summed E-state index contributed by atoms with van der Waals surface area (Å²) in [5, 5.41) is 3.61. The minimum Gasteiger partial charge on any atom is -0.310 e. The second-order valence-corrected chi connectivity index (χ2v) is 4.80. The standard InChI is InChI=1S/C16H21N3/c1-3-7-19-16(12-14-4-8-17-9-5-14)15-6-10-18-13(2)11-15/h4-6,8-11,16,19H,3,7,12H2,1-2H3. The van der Waals surface area contributed by atoms with Crippen molar-refractivity contribution in [2.24, 2.45) is 0 Å². The lowest BCUT2D eigenvalue weighted by Crippen LogP contribution is -2.24. The molecular weight excluding hydrogens is 234 g/mol. The maximum Gasteiger partial charge on any atom is 0.0375 e. The van der Waals surface area contributed by atoms with Gasteiger partial charge in [-0.1, -0.05) is 6.92 Å². The molecule has 100 valence electrons. The zero-order valence-corrected chi connectivity index (χ0v) is 11.6. The Morgan fingerprint density at radius 3 is 2.63 bits per heavy atom. The first-order chi connectivity index (χ1) is 9.29. The fraction of sp³-hybridized carbons (Fsp3) is 0.375. The van der Waals surface area contributed by atoms with E-state index in [0.29, 0.717) is 6.04 Å². The van der Waals surface area contributed by atoms with Crippen LogP contribution >= 0.6 is 0 Å². The van der Waals surface area contributed by atoms with E-state index in [2.05, 4.69) is 46.5 Å². The SMILES string of the molecule is CCCNC(Cc1ccncc1)c1ccnc(C)c1. The Labute approximate surface area is 115 Å².